The quantitative estimate of drug-likeness (QED) is 0.608. The highest BCUT2D eigenvalue weighted by molar-refractivity contribution is 6.00. The van der Waals surface area contributed by atoms with Crippen molar-refractivity contribution in [2.75, 3.05) is 11.9 Å². The summed E-state index contributed by atoms with van der Waals surface area (Å²) in [6.45, 7) is 0.820. The average Bonchev–Trinajstić information content (AvgIpc) is 3.46. The van der Waals surface area contributed by atoms with E-state index in [9.17, 15) is 9.59 Å². The maximum absolute atomic E-state index is 12.9. The first-order chi connectivity index (χ1) is 14.2. The van der Waals surface area contributed by atoms with Gasteiger partial charge >= 0.3 is 0 Å². The third-order valence-corrected chi connectivity index (χ3v) is 4.93. The van der Waals surface area contributed by atoms with Crippen LogP contribution in [-0.2, 0) is 11.3 Å². The molecular weight excluding hydrogens is 372 g/mol. The number of furan rings is 1. The van der Waals surface area contributed by atoms with Crippen molar-refractivity contribution in [1.82, 2.24) is 20.1 Å². The van der Waals surface area contributed by atoms with E-state index < -0.39 is 6.04 Å². The van der Waals surface area contributed by atoms with E-state index >= 15 is 0 Å². The van der Waals surface area contributed by atoms with Crippen molar-refractivity contribution in [3.63, 3.8) is 0 Å². The van der Waals surface area contributed by atoms with Gasteiger partial charge in [-0.05, 0) is 55.7 Å². The molecular formula is C20H22N6O3. The molecule has 1 saturated heterocycles. The number of aromatic nitrogens is 3. The van der Waals surface area contributed by atoms with Crippen LogP contribution in [0.15, 0.2) is 47.1 Å². The van der Waals surface area contributed by atoms with Crippen LogP contribution in [0, 0.1) is 0 Å². The van der Waals surface area contributed by atoms with Gasteiger partial charge in [-0.2, -0.15) is 5.10 Å². The van der Waals surface area contributed by atoms with E-state index in [2.05, 4.69) is 20.5 Å². The molecule has 1 unspecified atom stereocenters. The van der Waals surface area contributed by atoms with Gasteiger partial charge in [-0.15, -0.1) is 0 Å². The molecule has 2 amide bonds. The molecule has 9 heteroatoms. The molecule has 1 fully saturated rings. The van der Waals surface area contributed by atoms with E-state index in [0.717, 1.165) is 18.4 Å². The minimum absolute atomic E-state index is 0.208. The molecule has 3 heterocycles. The lowest BCUT2D eigenvalue weighted by Crippen LogP contribution is -2.49. The lowest BCUT2D eigenvalue weighted by Gasteiger charge is -2.34. The van der Waals surface area contributed by atoms with Gasteiger partial charge in [-0.3, -0.25) is 14.7 Å². The van der Waals surface area contributed by atoms with Crippen molar-refractivity contribution in [1.29, 1.82) is 0 Å². The lowest BCUT2D eigenvalue weighted by molar-refractivity contribution is -0.121. The van der Waals surface area contributed by atoms with Crippen LogP contribution >= 0.6 is 0 Å². The highest BCUT2D eigenvalue weighted by Gasteiger charge is 2.33. The summed E-state index contributed by atoms with van der Waals surface area (Å²) in [5.74, 6) is 0.936. The van der Waals surface area contributed by atoms with E-state index in [1.165, 1.54) is 6.26 Å². The number of carbonyl (C=O) groups excluding carboxylic acids is 2. The van der Waals surface area contributed by atoms with Crippen LogP contribution in [0.4, 0.5) is 5.69 Å². The zero-order valence-corrected chi connectivity index (χ0v) is 15.8. The first-order valence-corrected chi connectivity index (χ1v) is 9.53. The van der Waals surface area contributed by atoms with Crippen molar-refractivity contribution in [2.45, 2.75) is 31.8 Å². The number of hydrogen-bond acceptors (Lipinski definition) is 6. The minimum Gasteiger partial charge on any atom is -0.459 e. The molecule has 9 nitrogen and oxygen atoms in total. The summed E-state index contributed by atoms with van der Waals surface area (Å²) in [6.07, 6.45) is 3.84. The molecule has 3 aromatic rings. The van der Waals surface area contributed by atoms with Crippen molar-refractivity contribution in [2.24, 2.45) is 5.73 Å². The van der Waals surface area contributed by atoms with Gasteiger partial charge in [0.2, 0.25) is 5.91 Å². The Balaban J connectivity index is 1.45. The van der Waals surface area contributed by atoms with Crippen LogP contribution in [0.1, 0.15) is 35.6 Å². The van der Waals surface area contributed by atoms with E-state index in [-0.39, 0.29) is 24.1 Å². The van der Waals surface area contributed by atoms with Crippen LogP contribution in [0.3, 0.4) is 0 Å². The number of amides is 2. The fourth-order valence-corrected chi connectivity index (χ4v) is 3.43. The average molecular weight is 394 g/mol. The highest BCUT2D eigenvalue weighted by Crippen LogP contribution is 2.23. The van der Waals surface area contributed by atoms with Crippen LogP contribution in [0.2, 0.25) is 0 Å². The Morgan fingerprint density at radius 1 is 1.24 bits per heavy atom. The van der Waals surface area contributed by atoms with E-state index in [4.69, 9.17) is 10.2 Å². The van der Waals surface area contributed by atoms with E-state index in [1.54, 1.807) is 29.2 Å². The third-order valence-electron chi connectivity index (χ3n) is 4.93. The van der Waals surface area contributed by atoms with Crippen LogP contribution < -0.4 is 11.1 Å². The largest absolute Gasteiger partial charge is 0.459 e. The summed E-state index contributed by atoms with van der Waals surface area (Å²) in [7, 11) is 0. The van der Waals surface area contributed by atoms with Gasteiger partial charge in [0.1, 0.15) is 11.9 Å². The monoisotopic (exact) mass is 394 g/mol. The fraction of sp³-hybridized carbons (Fsp3) is 0.300. The Morgan fingerprint density at radius 2 is 2.07 bits per heavy atom. The molecule has 0 bridgehead atoms. The molecule has 4 rings (SSSR count). The molecule has 150 valence electrons. The molecule has 1 aliphatic rings. The predicted molar refractivity (Wildman–Crippen MR) is 106 cm³/mol. The van der Waals surface area contributed by atoms with Crippen LogP contribution in [-0.4, -0.2) is 44.5 Å². The van der Waals surface area contributed by atoms with Crippen molar-refractivity contribution in [3.05, 3.63) is 54.2 Å². The summed E-state index contributed by atoms with van der Waals surface area (Å²) in [6, 6.07) is 9.97. The number of anilines is 1. The van der Waals surface area contributed by atoms with E-state index in [0.29, 0.717) is 30.3 Å². The zero-order valence-electron chi connectivity index (χ0n) is 15.8. The Morgan fingerprint density at radius 3 is 2.76 bits per heavy atom. The number of benzene rings is 1. The van der Waals surface area contributed by atoms with Crippen molar-refractivity contribution in [3.8, 4) is 11.4 Å². The lowest BCUT2D eigenvalue weighted by atomic mass is 10.0. The Labute approximate surface area is 167 Å². The maximum atomic E-state index is 12.9. The highest BCUT2D eigenvalue weighted by atomic mass is 16.3. The molecule has 1 aliphatic heterocycles. The Bertz CT molecular complexity index is 980. The summed E-state index contributed by atoms with van der Waals surface area (Å²) in [4.78, 5) is 31.4. The first-order valence-electron chi connectivity index (χ1n) is 9.53. The van der Waals surface area contributed by atoms with Gasteiger partial charge in [-0.1, -0.05) is 0 Å². The molecule has 1 aromatic carbocycles. The number of nitrogens with two attached hydrogens (primary N) is 1. The smallest absolute Gasteiger partial charge is 0.290 e. The normalized spacial score (nSPS) is 16.6. The Hall–Kier alpha value is -3.46. The number of hydrogen-bond donors (Lipinski definition) is 3. The predicted octanol–water partition coefficient (Wildman–Crippen LogP) is 2.16. The van der Waals surface area contributed by atoms with Gasteiger partial charge in [0.05, 0.1) is 12.8 Å². The van der Waals surface area contributed by atoms with Crippen LogP contribution in [0.5, 0.6) is 0 Å². The maximum Gasteiger partial charge on any atom is 0.290 e. The second-order valence-corrected chi connectivity index (χ2v) is 6.86. The topological polar surface area (TPSA) is 130 Å². The summed E-state index contributed by atoms with van der Waals surface area (Å²) < 4.78 is 5.21. The fourth-order valence-electron chi connectivity index (χ4n) is 3.43. The molecule has 29 heavy (non-hydrogen) atoms. The molecule has 0 aliphatic carbocycles. The molecule has 0 spiro atoms. The molecule has 2 aromatic heterocycles. The van der Waals surface area contributed by atoms with Gasteiger partial charge in [0, 0.05) is 17.8 Å². The number of H-pyrrole nitrogens is 1. The molecule has 0 saturated carbocycles. The van der Waals surface area contributed by atoms with Crippen LogP contribution in [0.25, 0.3) is 11.4 Å². The molecule has 0 radical (unpaired) electrons. The first kappa shape index (κ1) is 18.9. The molecule has 1 atom stereocenters. The summed E-state index contributed by atoms with van der Waals surface area (Å²) >= 11 is 0. The number of likely N-dealkylation sites (tertiary alicyclic amines) is 1. The standard InChI is InChI=1S/C20H22N6O3/c21-12-17-23-18(25-24-17)13-6-8-14(9-7-13)22-19(27)15-4-1-2-10-26(15)20(28)16-5-3-11-29-16/h3,5-9,11,15H,1-2,4,10,12,21H2,(H,22,27)(H,23,24,25). The number of nitrogens with one attached hydrogen (secondary N) is 2. The molecule has 4 N–H and O–H groups in total. The third kappa shape index (κ3) is 4.04. The minimum atomic E-state index is -0.527. The van der Waals surface area contributed by atoms with E-state index in [1.807, 2.05) is 12.1 Å². The SMILES string of the molecule is NCc1nc(-c2ccc(NC(=O)C3CCCCN3C(=O)c3ccco3)cc2)n[nH]1. The van der Waals surface area contributed by atoms with Gasteiger partial charge < -0.3 is 20.4 Å². The number of piperidine rings is 1. The number of rotatable bonds is 5. The van der Waals surface area contributed by atoms with Crippen molar-refractivity contribution < 1.29 is 14.0 Å². The number of carbonyl (C=O) groups is 2. The number of aromatic amines is 1. The summed E-state index contributed by atoms with van der Waals surface area (Å²) in [5.41, 5.74) is 6.99. The van der Waals surface area contributed by atoms with Crippen molar-refractivity contribution >= 4 is 17.5 Å². The van der Waals surface area contributed by atoms with Gasteiger partial charge in [0.15, 0.2) is 11.6 Å². The second-order valence-electron chi connectivity index (χ2n) is 6.86. The van der Waals surface area contributed by atoms with Gasteiger partial charge in [0.25, 0.3) is 5.91 Å². The van der Waals surface area contributed by atoms with Gasteiger partial charge in [-0.25, -0.2) is 4.98 Å². The summed E-state index contributed by atoms with van der Waals surface area (Å²) in [5, 5.41) is 9.79. The Kier molecular flexibility index (Phi) is 5.39. The zero-order chi connectivity index (χ0) is 20.2. The second kappa shape index (κ2) is 8.27. The number of nitrogens with zero attached hydrogens (tertiary/aromatic N) is 3.